The maximum absolute atomic E-state index is 13.0. The van der Waals surface area contributed by atoms with Gasteiger partial charge in [0.25, 0.3) is 0 Å². The lowest BCUT2D eigenvalue weighted by Crippen LogP contribution is -2.35. The number of hydrogen-bond acceptors (Lipinski definition) is 4. The molecule has 0 saturated carbocycles. The van der Waals surface area contributed by atoms with Crippen molar-refractivity contribution in [3.63, 3.8) is 0 Å². The Morgan fingerprint density at radius 3 is 2.47 bits per heavy atom. The summed E-state index contributed by atoms with van der Waals surface area (Å²) in [6.45, 7) is 7.05. The number of likely N-dealkylation sites (N-methyl/N-ethyl adjacent to an activating group) is 1. The number of nitrogens with one attached hydrogen (secondary N) is 1. The van der Waals surface area contributed by atoms with Gasteiger partial charge < -0.3 is 10.2 Å². The monoisotopic (exact) mass is 429 g/mol. The summed E-state index contributed by atoms with van der Waals surface area (Å²) in [4.78, 5) is 26.0. The van der Waals surface area contributed by atoms with Gasteiger partial charge in [-0.2, -0.15) is 4.31 Å². The number of sulfonamides is 1. The van der Waals surface area contributed by atoms with E-state index >= 15 is 0 Å². The second kappa shape index (κ2) is 8.20. The molecule has 3 rings (SSSR count). The van der Waals surface area contributed by atoms with E-state index in [1.807, 2.05) is 32.9 Å². The summed E-state index contributed by atoms with van der Waals surface area (Å²) in [7, 11) is -2.47. The molecule has 2 aromatic carbocycles. The van der Waals surface area contributed by atoms with Crippen LogP contribution in [-0.2, 0) is 26.0 Å². The highest BCUT2D eigenvalue weighted by Gasteiger charge is 2.31. The Balaban J connectivity index is 1.75. The summed E-state index contributed by atoms with van der Waals surface area (Å²) in [6.07, 6.45) is 0.593. The van der Waals surface area contributed by atoms with E-state index in [2.05, 4.69) is 5.32 Å². The second-order valence-corrected chi connectivity index (χ2v) is 9.89. The molecule has 0 bridgehead atoms. The van der Waals surface area contributed by atoms with Crippen LogP contribution in [0, 0.1) is 13.8 Å². The van der Waals surface area contributed by atoms with Crippen molar-refractivity contribution in [2.24, 2.45) is 0 Å². The van der Waals surface area contributed by atoms with Crippen LogP contribution in [0.25, 0.3) is 0 Å². The van der Waals surface area contributed by atoms with Crippen LogP contribution in [-0.4, -0.2) is 44.2 Å². The van der Waals surface area contributed by atoms with Gasteiger partial charge in [0.15, 0.2) is 0 Å². The van der Waals surface area contributed by atoms with Crippen LogP contribution in [0.15, 0.2) is 41.3 Å². The average Bonchev–Trinajstić information content (AvgIpc) is 2.99. The van der Waals surface area contributed by atoms with Crippen molar-refractivity contribution in [1.29, 1.82) is 0 Å². The lowest BCUT2D eigenvalue weighted by Gasteiger charge is -2.21. The Bertz CT molecular complexity index is 1110. The quantitative estimate of drug-likeness (QED) is 0.792. The first-order valence-corrected chi connectivity index (χ1v) is 11.2. The zero-order valence-corrected chi connectivity index (χ0v) is 18.7. The van der Waals surface area contributed by atoms with Crippen molar-refractivity contribution in [2.75, 3.05) is 23.8 Å². The van der Waals surface area contributed by atoms with Gasteiger partial charge in [-0.3, -0.25) is 9.59 Å². The van der Waals surface area contributed by atoms with Crippen LogP contribution in [0.3, 0.4) is 0 Å². The molecule has 160 valence electrons. The molecule has 1 atom stereocenters. The van der Waals surface area contributed by atoms with Gasteiger partial charge in [0.2, 0.25) is 21.8 Å². The topological polar surface area (TPSA) is 86.8 Å². The first-order valence-electron chi connectivity index (χ1n) is 9.77. The largest absolute Gasteiger partial charge is 0.325 e. The molecule has 1 aliphatic heterocycles. The van der Waals surface area contributed by atoms with Gasteiger partial charge in [0.1, 0.15) is 0 Å². The third kappa shape index (κ3) is 4.24. The zero-order valence-electron chi connectivity index (χ0n) is 17.9. The predicted molar refractivity (Wildman–Crippen MR) is 117 cm³/mol. The number of amides is 2. The highest BCUT2D eigenvalue weighted by Crippen LogP contribution is 2.34. The number of carbonyl (C=O) groups is 2. The number of aryl methyl sites for hydroxylation is 2. The van der Waals surface area contributed by atoms with E-state index in [0.29, 0.717) is 12.1 Å². The third-order valence-corrected chi connectivity index (χ3v) is 7.27. The van der Waals surface area contributed by atoms with Crippen LogP contribution in [0.5, 0.6) is 0 Å². The van der Waals surface area contributed by atoms with E-state index in [1.54, 1.807) is 23.1 Å². The highest BCUT2D eigenvalue weighted by molar-refractivity contribution is 7.89. The summed E-state index contributed by atoms with van der Waals surface area (Å²) in [5, 5.41) is 2.74. The van der Waals surface area contributed by atoms with Crippen molar-refractivity contribution in [1.82, 2.24) is 4.31 Å². The Hall–Kier alpha value is -2.71. The fraction of sp³-hybridized carbons (Fsp3) is 0.364. The first kappa shape index (κ1) is 22.0. The molecule has 0 spiro atoms. The van der Waals surface area contributed by atoms with Gasteiger partial charge in [-0.05, 0) is 74.2 Å². The molecule has 0 saturated heterocycles. The molecule has 1 aliphatic rings. The Morgan fingerprint density at radius 2 is 1.83 bits per heavy atom. The van der Waals surface area contributed by atoms with Crippen molar-refractivity contribution in [2.45, 2.75) is 45.1 Å². The van der Waals surface area contributed by atoms with Crippen molar-refractivity contribution in [3.8, 4) is 0 Å². The number of hydrogen-bond donors (Lipinski definition) is 1. The fourth-order valence-electron chi connectivity index (χ4n) is 3.73. The molecule has 1 unspecified atom stereocenters. The van der Waals surface area contributed by atoms with Gasteiger partial charge in [0.05, 0.1) is 11.4 Å². The molecule has 8 heteroatoms. The van der Waals surface area contributed by atoms with Gasteiger partial charge in [0, 0.05) is 31.4 Å². The van der Waals surface area contributed by atoms with E-state index in [-0.39, 0.29) is 23.4 Å². The summed E-state index contributed by atoms with van der Waals surface area (Å²) in [6, 6.07) is 10.3. The van der Waals surface area contributed by atoms with Gasteiger partial charge >= 0.3 is 0 Å². The summed E-state index contributed by atoms with van der Waals surface area (Å²) >= 11 is 0. The lowest BCUT2D eigenvalue weighted by atomic mass is 10.1. The third-order valence-electron chi connectivity index (χ3n) is 5.47. The molecule has 1 N–H and O–H groups in total. The smallest absolute Gasteiger partial charge is 0.243 e. The van der Waals surface area contributed by atoms with Crippen molar-refractivity contribution >= 4 is 33.2 Å². The number of benzene rings is 2. The van der Waals surface area contributed by atoms with E-state index in [4.69, 9.17) is 0 Å². The molecule has 2 aromatic rings. The molecular weight excluding hydrogens is 402 g/mol. The van der Waals surface area contributed by atoms with Crippen LogP contribution < -0.4 is 10.2 Å². The van der Waals surface area contributed by atoms with Crippen LogP contribution in [0.2, 0.25) is 0 Å². The molecule has 7 nitrogen and oxygen atoms in total. The maximum atomic E-state index is 13.0. The van der Waals surface area contributed by atoms with Crippen molar-refractivity contribution in [3.05, 3.63) is 53.1 Å². The van der Waals surface area contributed by atoms with E-state index < -0.39 is 15.9 Å². The molecule has 1 heterocycles. The molecule has 0 aliphatic carbocycles. The molecule has 0 aromatic heterocycles. The molecular formula is C22H27N3O4S. The van der Waals surface area contributed by atoms with E-state index in [9.17, 15) is 18.0 Å². The minimum atomic E-state index is -3.85. The minimum absolute atomic E-state index is 0.0167. The van der Waals surface area contributed by atoms with Gasteiger partial charge in [-0.25, -0.2) is 8.42 Å². The van der Waals surface area contributed by atoms with Gasteiger partial charge in [-0.15, -0.1) is 0 Å². The number of nitrogens with zero attached hydrogens (tertiary/aromatic N) is 2. The fourth-order valence-corrected chi connectivity index (χ4v) is 4.91. The van der Waals surface area contributed by atoms with E-state index in [1.165, 1.54) is 20.0 Å². The average molecular weight is 430 g/mol. The number of rotatable bonds is 5. The van der Waals surface area contributed by atoms with E-state index in [0.717, 1.165) is 26.7 Å². The van der Waals surface area contributed by atoms with Crippen LogP contribution in [0.1, 0.15) is 30.5 Å². The highest BCUT2D eigenvalue weighted by atomic mass is 32.2. The lowest BCUT2D eigenvalue weighted by molar-refractivity contribution is -0.117. The Labute approximate surface area is 177 Å². The van der Waals surface area contributed by atoms with Crippen LogP contribution in [0.4, 0.5) is 11.4 Å². The van der Waals surface area contributed by atoms with Crippen LogP contribution >= 0.6 is 0 Å². The number of anilines is 2. The number of carbonyl (C=O) groups excluding carboxylic acids is 2. The molecule has 30 heavy (non-hydrogen) atoms. The standard InChI is InChI=1S/C22H27N3O4S/c1-14-6-7-19(10-15(14)2)23-22(27)13-24(5)30(28,29)20-8-9-21-18(12-20)11-16(3)25(21)17(4)26/h6-10,12,16H,11,13H2,1-5H3,(H,23,27). The Kier molecular flexibility index (Phi) is 6.01. The minimum Gasteiger partial charge on any atom is -0.325 e. The molecule has 0 fully saturated rings. The summed E-state index contributed by atoms with van der Waals surface area (Å²) in [5.74, 6) is -0.487. The summed E-state index contributed by atoms with van der Waals surface area (Å²) < 4.78 is 27.0. The second-order valence-electron chi connectivity index (χ2n) is 7.84. The summed E-state index contributed by atoms with van der Waals surface area (Å²) in [5.41, 5.74) is 4.34. The maximum Gasteiger partial charge on any atom is 0.243 e. The Morgan fingerprint density at radius 1 is 1.13 bits per heavy atom. The molecule has 2 amide bonds. The predicted octanol–water partition coefficient (Wildman–Crippen LogP) is 2.86. The first-order chi connectivity index (χ1) is 14.0. The van der Waals surface area contributed by atoms with Gasteiger partial charge in [-0.1, -0.05) is 6.07 Å². The SMILES string of the molecule is CC(=O)N1c2ccc(S(=O)(=O)N(C)CC(=O)Nc3ccc(C)c(C)c3)cc2CC1C. The number of fused-ring (bicyclic) bond motifs is 1. The molecule has 0 radical (unpaired) electrons. The zero-order chi connectivity index (χ0) is 22.2. The van der Waals surface area contributed by atoms with Crippen molar-refractivity contribution < 1.29 is 18.0 Å². The normalized spacial score (nSPS) is 15.9.